The third-order valence-electron chi connectivity index (χ3n) is 4.51. The number of rotatable bonds is 8. The third kappa shape index (κ3) is 4.49. The van der Waals surface area contributed by atoms with Crippen LogP contribution in [-0.2, 0) is 21.7 Å². The van der Waals surface area contributed by atoms with E-state index in [2.05, 4.69) is 10.3 Å². The molecule has 1 amide bonds. The summed E-state index contributed by atoms with van der Waals surface area (Å²) in [7, 11) is 0. The Bertz CT molecular complexity index is 1170. The van der Waals surface area contributed by atoms with Crippen molar-refractivity contribution in [3.05, 3.63) is 64.9 Å². The zero-order valence-corrected chi connectivity index (χ0v) is 18.0. The van der Waals surface area contributed by atoms with Crippen LogP contribution in [0, 0.1) is 0 Å². The van der Waals surface area contributed by atoms with Gasteiger partial charge in [0.05, 0.1) is 15.2 Å². The summed E-state index contributed by atoms with van der Waals surface area (Å²) in [6.45, 7) is 0.0764. The summed E-state index contributed by atoms with van der Waals surface area (Å²) < 4.78 is 12.0. The van der Waals surface area contributed by atoms with E-state index >= 15 is 0 Å². The van der Waals surface area contributed by atoms with E-state index in [4.69, 9.17) is 9.15 Å². The lowest BCUT2D eigenvalue weighted by Gasteiger charge is -2.06. The number of carbonyl (C=O) groups excluding carboxylic acids is 2. The Balaban J connectivity index is 1.31. The molecule has 2 heterocycles. The molecule has 0 unspecified atom stereocenters. The Morgan fingerprint density at radius 3 is 2.80 bits per heavy atom. The Hall–Kier alpha value is -2.84. The van der Waals surface area contributed by atoms with Crippen LogP contribution in [-0.4, -0.2) is 36.3 Å². The van der Waals surface area contributed by atoms with Gasteiger partial charge in [0.25, 0.3) is 5.91 Å². The minimum atomic E-state index is -0.628. The van der Waals surface area contributed by atoms with Crippen LogP contribution in [0.4, 0.5) is 0 Å². The molecule has 2 aromatic carbocycles. The van der Waals surface area contributed by atoms with Crippen LogP contribution in [0.3, 0.4) is 0 Å². The van der Waals surface area contributed by atoms with Crippen molar-refractivity contribution >= 4 is 56.2 Å². The largest absolute Gasteiger partial charge is 0.450 e. The second-order valence-corrected chi connectivity index (χ2v) is 8.57. The summed E-state index contributed by atoms with van der Waals surface area (Å²) in [5.41, 5.74) is 2.39. The minimum absolute atomic E-state index is 0.160. The van der Waals surface area contributed by atoms with Gasteiger partial charge in [0.1, 0.15) is 5.58 Å². The summed E-state index contributed by atoms with van der Waals surface area (Å²) in [6, 6.07) is 15.4. The lowest BCUT2D eigenvalue weighted by atomic mass is 10.1. The van der Waals surface area contributed by atoms with Gasteiger partial charge in [-0.3, -0.25) is 4.79 Å². The molecule has 0 fully saturated rings. The van der Waals surface area contributed by atoms with Gasteiger partial charge in [0.15, 0.2) is 6.61 Å². The predicted molar refractivity (Wildman–Crippen MR) is 120 cm³/mol. The van der Waals surface area contributed by atoms with Gasteiger partial charge in [-0.1, -0.05) is 30.3 Å². The van der Waals surface area contributed by atoms with Gasteiger partial charge in [0.2, 0.25) is 5.76 Å². The van der Waals surface area contributed by atoms with Crippen LogP contribution < -0.4 is 5.32 Å². The van der Waals surface area contributed by atoms with E-state index in [1.54, 1.807) is 23.1 Å². The van der Waals surface area contributed by atoms with Crippen LogP contribution in [0.2, 0.25) is 0 Å². The minimum Gasteiger partial charge on any atom is -0.450 e. The molecule has 0 aliphatic heterocycles. The topological polar surface area (TPSA) is 81.4 Å². The van der Waals surface area contributed by atoms with Crippen molar-refractivity contribution < 1.29 is 18.7 Å². The van der Waals surface area contributed by atoms with E-state index in [1.807, 2.05) is 54.8 Å². The average Bonchev–Trinajstić information content (AvgIpc) is 3.33. The zero-order valence-electron chi connectivity index (χ0n) is 16.3. The Labute approximate surface area is 181 Å². The molecule has 4 aromatic rings. The number of benzene rings is 2. The van der Waals surface area contributed by atoms with Crippen molar-refractivity contribution in [1.29, 1.82) is 0 Å². The number of fused-ring (bicyclic) bond motifs is 2. The highest BCUT2D eigenvalue weighted by Crippen LogP contribution is 2.29. The van der Waals surface area contributed by atoms with Gasteiger partial charge in [-0.15, -0.1) is 11.3 Å². The fourth-order valence-electron chi connectivity index (χ4n) is 3.13. The maximum absolute atomic E-state index is 12.5. The molecule has 0 bridgehead atoms. The number of thiazole rings is 1. The highest BCUT2D eigenvalue weighted by atomic mass is 32.2. The monoisotopic (exact) mass is 440 g/mol. The second-order valence-electron chi connectivity index (χ2n) is 6.59. The fraction of sp³-hybridized carbons (Fsp3) is 0.227. The molecule has 0 radical (unpaired) electrons. The Morgan fingerprint density at radius 1 is 1.17 bits per heavy atom. The SMILES string of the molecule is CSCc1c(C(=O)OCC(=O)NCCc2nc3ccccc3s2)oc2ccccc12. The molecule has 6 nitrogen and oxygen atoms in total. The lowest BCUT2D eigenvalue weighted by Crippen LogP contribution is -2.30. The normalized spacial score (nSPS) is 11.1. The number of furan rings is 1. The molecule has 30 heavy (non-hydrogen) atoms. The summed E-state index contributed by atoms with van der Waals surface area (Å²) >= 11 is 3.20. The van der Waals surface area contributed by atoms with Crippen molar-refractivity contribution in [3.8, 4) is 0 Å². The molecule has 2 aromatic heterocycles. The molecule has 0 atom stereocenters. The van der Waals surface area contributed by atoms with E-state index in [9.17, 15) is 9.59 Å². The number of hydrogen-bond donors (Lipinski definition) is 1. The Kier molecular flexibility index (Phi) is 6.35. The van der Waals surface area contributed by atoms with Gasteiger partial charge in [-0.25, -0.2) is 9.78 Å². The van der Waals surface area contributed by atoms with E-state index in [-0.39, 0.29) is 18.3 Å². The van der Waals surface area contributed by atoms with Crippen molar-refractivity contribution in [3.63, 3.8) is 0 Å². The van der Waals surface area contributed by atoms with E-state index in [0.717, 1.165) is 26.2 Å². The van der Waals surface area contributed by atoms with Crippen molar-refractivity contribution in [1.82, 2.24) is 10.3 Å². The van der Waals surface area contributed by atoms with Crippen molar-refractivity contribution in [2.24, 2.45) is 0 Å². The first kappa shape index (κ1) is 20.4. The summed E-state index contributed by atoms with van der Waals surface area (Å²) in [5.74, 6) is -0.202. The summed E-state index contributed by atoms with van der Waals surface area (Å²) in [4.78, 5) is 29.1. The van der Waals surface area contributed by atoms with Crippen LogP contribution in [0.25, 0.3) is 21.2 Å². The van der Waals surface area contributed by atoms with Gasteiger partial charge < -0.3 is 14.5 Å². The van der Waals surface area contributed by atoms with Crippen molar-refractivity contribution in [2.45, 2.75) is 12.2 Å². The molecule has 0 saturated carbocycles. The first-order valence-electron chi connectivity index (χ1n) is 9.43. The molecule has 0 saturated heterocycles. The second kappa shape index (κ2) is 9.32. The molecule has 0 aliphatic rings. The molecule has 0 aliphatic carbocycles. The molecule has 154 valence electrons. The number of para-hydroxylation sites is 2. The Morgan fingerprint density at radius 2 is 1.97 bits per heavy atom. The highest BCUT2D eigenvalue weighted by Gasteiger charge is 2.22. The number of nitrogens with one attached hydrogen (secondary N) is 1. The van der Waals surface area contributed by atoms with E-state index in [0.29, 0.717) is 24.3 Å². The van der Waals surface area contributed by atoms with Crippen LogP contribution in [0.5, 0.6) is 0 Å². The number of aromatic nitrogens is 1. The van der Waals surface area contributed by atoms with Gasteiger partial charge in [-0.05, 0) is 24.5 Å². The van der Waals surface area contributed by atoms with Crippen LogP contribution in [0.1, 0.15) is 21.1 Å². The number of hydrogen-bond acceptors (Lipinski definition) is 7. The standard InChI is InChI=1S/C22H20N2O4S2/c1-29-13-15-14-6-2-4-8-17(14)28-21(15)22(26)27-12-19(25)23-11-10-20-24-16-7-3-5-9-18(16)30-20/h2-9H,10-13H2,1H3,(H,23,25). The smallest absolute Gasteiger partial charge is 0.375 e. The number of thioether (sulfide) groups is 1. The quantitative estimate of drug-likeness (QED) is 0.409. The average molecular weight is 441 g/mol. The summed E-state index contributed by atoms with van der Waals surface area (Å²) in [5, 5.41) is 4.61. The van der Waals surface area contributed by atoms with Gasteiger partial charge in [-0.2, -0.15) is 11.8 Å². The molecular formula is C22H20N2O4S2. The number of amides is 1. The first-order chi connectivity index (χ1) is 14.7. The maximum atomic E-state index is 12.5. The number of carbonyl (C=O) groups is 2. The zero-order chi connectivity index (χ0) is 20.9. The predicted octanol–water partition coefficient (Wildman–Crippen LogP) is 4.42. The van der Waals surface area contributed by atoms with Gasteiger partial charge in [0, 0.05) is 29.7 Å². The molecule has 0 spiro atoms. The van der Waals surface area contributed by atoms with E-state index < -0.39 is 5.97 Å². The number of ether oxygens (including phenoxy) is 1. The molecule has 4 rings (SSSR count). The van der Waals surface area contributed by atoms with E-state index in [1.165, 1.54) is 0 Å². The maximum Gasteiger partial charge on any atom is 0.375 e. The summed E-state index contributed by atoms with van der Waals surface area (Å²) in [6.07, 6.45) is 2.58. The third-order valence-corrected chi connectivity index (χ3v) is 6.18. The number of esters is 1. The van der Waals surface area contributed by atoms with Gasteiger partial charge >= 0.3 is 5.97 Å². The van der Waals surface area contributed by atoms with Crippen LogP contribution in [0.15, 0.2) is 52.9 Å². The van der Waals surface area contributed by atoms with Crippen LogP contribution >= 0.6 is 23.1 Å². The first-order valence-corrected chi connectivity index (χ1v) is 11.6. The number of nitrogens with zero attached hydrogens (tertiary/aromatic N) is 1. The molecular weight excluding hydrogens is 420 g/mol. The highest BCUT2D eigenvalue weighted by molar-refractivity contribution is 7.97. The molecule has 1 N–H and O–H groups in total. The lowest BCUT2D eigenvalue weighted by molar-refractivity contribution is -0.124. The fourth-order valence-corrected chi connectivity index (χ4v) is 4.68. The molecule has 8 heteroatoms. The van der Waals surface area contributed by atoms with Crippen molar-refractivity contribution in [2.75, 3.05) is 19.4 Å².